The van der Waals surface area contributed by atoms with Crippen molar-refractivity contribution in [3.8, 4) is 11.4 Å². The maximum absolute atomic E-state index is 13.8. The highest BCUT2D eigenvalue weighted by molar-refractivity contribution is 5.91. The third-order valence-corrected chi connectivity index (χ3v) is 8.58. The molecule has 1 aliphatic rings. The highest BCUT2D eigenvalue weighted by Crippen LogP contribution is 2.38. The lowest BCUT2D eigenvalue weighted by Crippen LogP contribution is -2.60. The Bertz CT molecular complexity index is 2180. The van der Waals surface area contributed by atoms with E-state index >= 15 is 0 Å². The molecule has 0 radical (unpaired) electrons. The van der Waals surface area contributed by atoms with Crippen LogP contribution in [0.25, 0.3) is 11.4 Å². The second-order valence-corrected chi connectivity index (χ2v) is 12.2. The van der Waals surface area contributed by atoms with E-state index in [4.69, 9.17) is 23.7 Å². The molecule has 1 fully saturated rings. The summed E-state index contributed by atoms with van der Waals surface area (Å²) in [6, 6.07) is 42.0. The van der Waals surface area contributed by atoms with Gasteiger partial charge >= 0.3 is 23.9 Å². The molecular formula is C42H33N3O9. The zero-order valence-electron chi connectivity index (χ0n) is 28.6. The van der Waals surface area contributed by atoms with Crippen molar-refractivity contribution >= 4 is 23.9 Å². The molecule has 1 aromatic heterocycles. The van der Waals surface area contributed by atoms with Gasteiger partial charge in [-0.05, 0) is 48.5 Å². The smallest absolute Gasteiger partial charge is 0.338 e. The van der Waals surface area contributed by atoms with Crippen LogP contribution in [0.1, 0.15) is 53.4 Å². The normalized spacial score (nSPS) is 19.2. The lowest BCUT2D eigenvalue weighted by atomic mass is 9.93. The van der Waals surface area contributed by atoms with Crippen molar-refractivity contribution in [2.24, 2.45) is 0 Å². The first-order valence-corrected chi connectivity index (χ1v) is 17.1. The maximum atomic E-state index is 13.8. The third kappa shape index (κ3) is 8.24. The van der Waals surface area contributed by atoms with Gasteiger partial charge in [0.05, 0.1) is 22.3 Å². The molecule has 1 saturated heterocycles. The Morgan fingerprint density at radius 1 is 0.519 bits per heavy atom. The Hall–Kier alpha value is -6.92. The van der Waals surface area contributed by atoms with Crippen molar-refractivity contribution in [2.45, 2.75) is 30.5 Å². The Morgan fingerprint density at radius 2 is 0.926 bits per heavy atom. The third-order valence-electron chi connectivity index (χ3n) is 8.58. The number of carbonyl (C=O) groups is 4. The Kier molecular flexibility index (Phi) is 10.9. The predicted molar refractivity (Wildman–Crippen MR) is 193 cm³/mol. The molecule has 1 N–H and O–H groups in total. The lowest BCUT2D eigenvalue weighted by Gasteiger charge is -2.44. The monoisotopic (exact) mass is 723 g/mol. The van der Waals surface area contributed by atoms with Gasteiger partial charge in [0.2, 0.25) is 0 Å². The van der Waals surface area contributed by atoms with Crippen LogP contribution in [-0.4, -0.2) is 70.1 Å². The summed E-state index contributed by atoms with van der Waals surface area (Å²) in [6.07, 6.45) is -7.06. The van der Waals surface area contributed by atoms with Crippen LogP contribution in [0, 0.1) is 0 Å². The molecule has 270 valence electrons. The molecular weight excluding hydrogens is 690 g/mol. The highest BCUT2D eigenvalue weighted by atomic mass is 16.7. The van der Waals surface area contributed by atoms with Crippen LogP contribution in [0.2, 0.25) is 0 Å². The summed E-state index contributed by atoms with van der Waals surface area (Å²) < 4.78 is 30.7. The van der Waals surface area contributed by atoms with Crippen molar-refractivity contribution < 1.29 is 42.9 Å². The molecule has 0 unspecified atom stereocenters. The van der Waals surface area contributed by atoms with Gasteiger partial charge in [-0.25, -0.2) is 24.2 Å². The number of hydrogen-bond donors (Lipinski definition) is 1. The average molecular weight is 724 g/mol. The Morgan fingerprint density at radius 3 is 1.41 bits per heavy atom. The summed E-state index contributed by atoms with van der Waals surface area (Å²) in [4.78, 5) is 59.2. The van der Waals surface area contributed by atoms with Gasteiger partial charge in [-0.1, -0.05) is 103 Å². The van der Waals surface area contributed by atoms with E-state index in [2.05, 4.69) is 15.2 Å². The largest absolute Gasteiger partial charge is 0.459 e. The molecule has 5 atom stereocenters. The van der Waals surface area contributed by atoms with Crippen molar-refractivity contribution in [3.63, 3.8) is 0 Å². The minimum Gasteiger partial charge on any atom is -0.459 e. The van der Waals surface area contributed by atoms with Gasteiger partial charge in [-0.15, -0.1) is 0 Å². The van der Waals surface area contributed by atoms with Crippen LogP contribution in [0.15, 0.2) is 152 Å². The number of ether oxygens (including phenoxy) is 5. The second-order valence-electron chi connectivity index (χ2n) is 12.2. The number of esters is 4. The quantitative estimate of drug-likeness (QED) is 0.116. The van der Waals surface area contributed by atoms with Gasteiger partial charge in [-0.2, -0.15) is 5.10 Å². The number of hydrogen-bond acceptors (Lipinski definition) is 11. The van der Waals surface area contributed by atoms with Crippen molar-refractivity contribution in [2.75, 3.05) is 6.61 Å². The van der Waals surface area contributed by atoms with Crippen molar-refractivity contribution in [1.82, 2.24) is 15.2 Å². The summed E-state index contributed by atoms with van der Waals surface area (Å²) >= 11 is 0. The number of aromatic amines is 1. The fraction of sp³-hybridized carbons (Fsp3) is 0.143. The number of carbonyl (C=O) groups excluding carboxylic acids is 4. The number of nitrogens with zero attached hydrogens (tertiary/aromatic N) is 2. The average Bonchev–Trinajstić information content (AvgIpc) is 3.73. The highest BCUT2D eigenvalue weighted by Gasteiger charge is 2.54. The molecule has 2 heterocycles. The molecule has 5 aromatic carbocycles. The molecule has 6 aromatic rings. The van der Waals surface area contributed by atoms with Gasteiger partial charge in [0, 0.05) is 5.56 Å². The summed E-state index contributed by atoms with van der Waals surface area (Å²) in [6.45, 7) is -0.463. The van der Waals surface area contributed by atoms with Crippen LogP contribution in [-0.2, 0) is 23.7 Å². The van der Waals surface area contributed by atoms with Crippen LogP contribution in [0.5, 0.6) is 0 Å². The zero-order chi connectivity index (χ0) is 37.3. The molecule has 12 nitrogen and oxygen atoms in total. The molecule has 12 heteroatoms. The second kappa shape index (κ2) is 16.6. The van der Waals surface area contributed by atoms with Gasteiger partial charge in [0.1, 0.15) is 12.7 Å². The van der Waals surface area contributed by atoms with E-state index in [9.17, 15) is 19.2 Å². The van der Waals surface area contributed by atoms with Gasteiger partial charge in [0.15, 0.2) is 36.1 Å². The summed E-state index contributed by atoms with van der Waals surface area (Å²) in [5, 5.41) is 7.26. The fourth-order valence-corrected chi connectivity index (χ4v) is 5.90. The first-order valence-electron chi connectivity index (χ1n) is 17.1. The minimum atomic E-state index is -1.53. The molecule has 0 bridgehead atoms. The van der Waals surface area contributed by atoms with E-state index in [1.807, 2.05) is 30.3 Å². The molecule has 0 saturated carbocycles. The number of aromatic nitrogens is 3. The number of rotatable bonds is 11. The van der Waals surface area contributed by atoms with Gasteiger partial charge < -0.3 is 23.7 Å². The number of H-pyrrole nitrogens is 1. The van der Waals surface area contributed by atoms with E-state index in [0.717, 1.165) is 0 Å². The van der Waals surface area contributed by atoms with Crippen molar-refractivity contribution in [1.29, 1.82) is 0 Å². The van der Waals surface area contributed by atoms with Crippen LogP contribution in [0.4, 0.5) is 0 Å². The Balaban J connectivity index is 1.32. The van der Waals surface area contributed by atoms with E-state index in [1.165, 1.54) is 0 Å². The SMILES string of the molecule is O=C(OC[C@H]1O[C@@H](c2nc(-c3ccccc3)n[nH]2)[C@H](OC(=O)c2ccccc2)[C@@H](OC(=O)c2ccccc2)[C@@H]1OC(=O)c1ccccc1)c1ccccc1. The predicted octanol–water partition coefficient (Wildman–Crippen LogP) is 6.45. The van der Waals surface area contributed by atoms with Crippen LogP contribution >= 0.6 is 0 Å². The van der Waals surface area contributed by atoms with Crippen LogP contribution in [0.3, 0.4) is 0 Å². The van der Waals surface area contributed by atoms with Gasteiger partial charge in [0.25, 0.3) is 0 Å². The topological polar surface area (TPSA) is 156 Å². The van der Waals surface area contributed by atoms with Gasteiger partial charge in [-0.3, -0.25) is 5.10 Å². The van der Waals surface area contributed by atoms with E-state index in [-0.39, 0.29) is 28.1 Å². The molecule has 1 aliphatic heterocycles. The van der Waals surface area contributed by atoms with E-state index in [1.54, 1.807) is 121 Å². The lowest BCUT2D eigenvalue weighted by molar-refractivity contribution is -0.233. The maximum Gasteiger partial charge on any atom is 0.338 e. The molecule has 54 heavy (non-hydrogen) atoms. The zero-order valence-corrected chi connectivity index (χ0v) is 28.6. The summed E-state index contributed by atoms with van der Waals surface area (Å²) in [5.41, 5.74) is 1.52. The molecule has 0 aliphatic carbocycles. The number of benzene rings is 5. The Labute approximate surface area is 309 Å². The first kappa shape index (κ1) is 35.5. The van der Waals surface area contributed by atoms with E-state index < -0.39 is 61.0 Å². The minimum absolute atomic E-state index is 0.104. The molecule has 0 amide bonds. The standard InChI is InChI=1S/C42H33N3O9/c46-39(28-18-8-2-9-19-28)50-26-32-33(52-40(47)29-20-10-3-11-21-29)34(53-41(48)30-22-12-4-13-23-30)35(54-42(49)31-24-14-5-15-25-31)36(51-32)38-43-37(44-45-38)27-16-6-1-7-17-27/h1-25,32-36H,26H2,(H,43,44,45)/t32-,33-,34+,35-,36-/m1/s1. The van der Waals surface area contributed by atoms with Crippen LogP contribution < -0.4 is 0 Å². The van der Waals surface area contributed by atoms with Crippen molar-refractivity contribution in [3.05, 3.63) is 180 Å². The summed E-state index contributed by atoms with van der Waals surface area (Å²) in [5.74, 6) is -2.63. The summed E-state index contributed by atoms with van der Waals surface area (Å²) in [7, 11) is 0. The molecule has 0 spiro atoms. The first-order chi connectivity index (χ1) is 26.4. The van der Waals surface area contributed by atoms with E-state index in [0.29, 0.717) is 11.4 Å². The fourth-order valence-electron chi connectivity index (χ4n) is 5.90. The molecule has 7 rings (SSSR count). The number of nitrogens with one attached hydrogen (secondary N) is 1.